The molecule has 2 aromatic carbocycles. The van der Waals surface area contributed by atoms with Gasteiger partial charge in [0.15, 0.2) is 5.78 Å². The van der Waals surface area contributed by atoms with Crippen LogP contribution in [0.15, 0.2) is 47.5 Å². The number of ketones is 1. The molecular formula is C30H31FN4O. The van der Waals surface area contributed by atoms with Gasteiger partial charge in [0, 0.05) is 18.1 Å². The molecule has 0 bridgehead atoms. The third-order valence-electron chi connectivity index (χ3n) is 7.35. The van der Waals surface area contributed by atoms with E-state index in [0.717, 1.165) is 47.5 Å². The summed E-state index contributed by atoms with van der Waals surface area (Å²) < 4.78 is 16.2. The topological polar surface area (TPSA) is 71.0 Å². The number of nitrogens with zero attached hydrogens (tertiary/aromatic N) is 4. The molecule has 1 fully saturated rings. The molecule has 3 aromatic rings. The van der Waals surface area contributed by atoms with Crippen LogP contribution in [0, 0.1) is 23.1 Å². The molecule has 1 atom stereocenters. The predicted octanol–water partition coefficient (Wildman–Crippen LogP) is 5.68. The third-order valence-corrected chi connectivity index (χ3v) is 7.35. The van der Waals surface area contributed by atoms with E-state index in [-0.39, 0.29) is 17.4 Å². The Hall–Kier alpha value is -3.59. The number of fused-ring (bicyclic) bond motifs is 1. The summed E-state index contributed by atoms with van der Waals surface area (Å²) in [4.78, 5) is 18.1. The molecule has 5 nitrogen and oxygen atoms in total. The predicted molar refractivity (Wildman–Crippen MR) is 138 cm³/mol. The summed E-state index contributed by atoms with van der Waals surface area (Å²) in [5, 5.41) is 15.8. The van der Waals surface area contributed by atoms with Crippen molar-refractivity contribution in [3.63, 3.8) is 0 Å². The molecule has 0 N–H and O–H groups in total. The molecule has 1 saturated carbocycles. The molecule has 2 aliphatic rings. The monoisotopic (exact) mass is 482 g/mol. The van der Waals surface area contributed by atoms with E-state index in [1.807, 2.05) is 24.3 Å². The van der Waals surface area contributed by atoms with Gasteiger partial charge in [-0.05, 0) is 47.9 Å². The Bertz CT molecular complexity index is 1440. The minimum atomic E-state index is -0.605. The number of nitriles is 1. The first-order valence-electron chi connectivity index (χ1n) is 13.1. The lowest BCUT2D eigenvalue weighted by Crippen LogP contribution is -2.20. The molecule has 5 rings (SSSR count). The van der Waals surface area contributed by atoms with E-state index >= 15 is 0 Å². The molecule has 0 saturated heterocycles. The maximum atomic E-state index is 14.5. The highest BCUT2D eigenvalue weighted by molar-refractivity contribution is 5.95. The highest BCUT2D eigenvalue weighted by atomic mass is 19.1. The molecule has 6 heteroatoms. The number of carbonyl (C=O) groups is 1. The molecule has 1 aromatic heterocycles. The molecule has 36 heavy (non-hydrogen) atoms. The van der Waals surface area contributed by atoms with Gasteiger partial charge in [-0.15, -0.1) is 0 Å². The van der Waals surface area contributed by atoms with E-state index in [9.17, 15) is 9.18 Å². The smallest absolute Gasteiger partial charge is 0.183 e. The SMILES string of the molecule is CCCC1C=c2cc(-c3cc(C(=O)CC4CCCCCC4)nn3-c3ccc(C#N)c(F)c3)ccc2=N1. The molecule has 1 unspecified atom stereocenters. The Kier molecular flexibility index (Phi) is 7.09. The maximum absolute atomic E-state index is 14.5. The quantitative estimate of drug-likeness (QED) is 0.321. The molecule has 1 aliphatic carbocycles. The minimum absolute atomic E-state index is 0.0205. The first-order chi connectivity index (χ1) is 17.6. The van der Waals surface area contributed by atoms with Gasteiger partial charge < -0.3 is 0 Å². The van der Waals surface area contributed by atoms with Crippen LogP contribution in [0.1, 0.15) is 80.8 Å². The summed E-state index contributed by atoms with van der Waals surface area (Å²) >= 11 is 0. The van der Waals surface area contributed by atoms with Crippen molar-refractivity contribution in [3.05, 3.63) is 70.1 Å². The Labute approximate surface area is 211 Å². The lowest BCUT2D eigenvalue weighted by molar-refractivity contribution is 0.0951. The molecule has 0 amide bonds. The number of benzene rings is 2. The second-order valence-electron chi connectivity index (χ2n) is 10.0. The summed E-state index contributed by atoms with van der Waals surface area (Å²) in [5.74, 6) is -0.180. The van der Waals surface area contributed by atoms with Crippen LogP contribution in [0.5, 0.6) is 0 Å². The number of aromatic nitrogens is 2. The van der Waals surface area contributed by atoms with Crippen molar-refractivity contribution >= 4 is 11.9 Å². The molecule has 0 spiro atoms. The summed E-state index contributed by atoms with van der Waals surface area (Å²) in [6.07, 6.45) is 11.8. The largest absolute Gasteiger partial charge is 0.292 e. The Morgan fingerprint density at radius 2 is 1.92 bits per heavy atom. The first kappa shape index (κ1) is 24.1. The number of rotatable bonds is 7. The van der Waals surface area contributed by atoms with Crippen LogP contribution in [0.4, 0.5) is 4.39 Å². The standard InChI is InChI=1S/C30H31FN4O/c1-2-7-24-16-23-15-21(11-13-27(23)33-24)29-18-28(30(36)14-20-8-5-3-4-6-9-20)34-35(29)25-12-10-22(19-32)26(31)17-25/h10-13,15-18,20,24H,2-9,14H2,1H3. The van der Waals surface area contributed by atoms with Crippen LogP contribution >= 0.6 is 0 Å². The fourth-order valence-corrected chi connectivity index (χ4v) is 5.41. The second kappa shape index (κ2) is 10.6. The number of carbonyl (C=O) groups excluding carboxylic acids is 1. The molecular weight excluding hydrogens is 451 g/mol. The van der Waals surface area contributed by atoms with Crippen molar-refractivity contribution in [2.75, 3.05) is 0 Å². The van der Waals surface area contributed by atoms with E-state index < -0.39 is 5.82 Å². The van der Waals surface area contributed by atoms with Crippen LogP contribution in [0.2, 0.25) is 0 Å². The molecule has 184 valence electrons. The van der Waals surface area contributed by atoms with Gasteiger partial charge in [0.05, 0.1) is 28.3 Å². The van der Waals surface area contributed by atoms with Gasteiger partial charge in [-0.25, -0.2) is 9.07 Å². The van der Waals surface area contributed by atoms with Crippen LogP contribution in [-0.4, -0.2) is 21.6 Å². The van der Waals surface area contributed by atoms with Crippen LogP contribution in [0.25, 0.3) is 23.0 Å². The van der Waals surface area contributed by atoms with E-state index in [4.69, 9.17) is 10.3 Å². The van der Waals surface area contributed by atoms with E-state index in [2.05, 4.69) is 24.2 Å². The van der Waals surface area contributed by atoms with Gasteiger partial charge in [0.2, 0.25) is 0 Å². The van der Waals surface area contributed by atoms with Gasteiger partial charge in [0.25, 0.3) is 0 Å². The second-order valence-corrected chi connectivity index (χ2v) is 10.0. The van der Waals surface area contributed by atoms with E-state index in [1.165, 1.54) is 37.8 Å². The van der Waals surface area contributed by atoms with Gasteiger partial charge >= 0.3 is 0 Å². The van der Waals surface area contributed by atoms with Gasteiger partial charge in [0.1, 0.15) is 17.6 Å². The van der Waals surface area contributed by atoms with Crippen molar-refractivity contribution in [2.24, 2.45) is 10.9 Å². The maximum Gasteiger partial charge on any atom is 0.183 e. The summed E-state index contributed by atoms with van der Waals surface area (Å²) in [7, 11) is 0. The van der Waals surface area contributed by atoms with Crippen LogP contribution in [0.3, 0.4) is 0 Å². The zero-order chi connectivity index (χ0) is 25.1. The summed E-state index contributed by atoms with van der Waals surface area (Å²) in [6, 6.07) is 14.4. The molecule has 0 radical (unpaired) electrons. The Morgan fingerprint density at radius 3 is 2.64 bits per heavy atom. The van der Waals surface area contributed by atoms with E-state index in [1.54, 1.807) is 10.7 Å². The van der Waals surface area contributed by atoms with Crippen LogP contribution < -0.4 is 10.6 Å². The average molecular weight is 483 g/mol. The Morgan fingerprint density at radius 1 is 1.11 bits per heavy atom. The van der Waals surface area contributed by atoms with Crippen molar-refractivity contribution in [1.29, 1.82) is 5.26 Å². The van der Waals surface area contributed by atoms with Crippen molar-refractivity contribution < 1.29 is 9.18 Å². The lowest BCUT2D eigenvalue weighted by Gasteiger charge is -2.11. The fraction of sp³-hybridized carbons (Fsp3) is 0.400. The lowest BCUT2D eigenvalue weighted by atomic mass is 9.93. The molecule has 1 aliphatic heterocycles. The highest BCUT2D eigenvalue weighted by Gasteiger charge is 2.22. The number of Topliss-reactive ketones (excluding diaryl/α,β-unsaturated/α-hetero) is 1. The van der Waals surface area contributed by atoms with Crippen molar-refractivity contribution in [2.45, 2.75) is 70.8 Å². The fourth-order valence-electron chi connectivity index (χ4n) is 5.41. The Balaban J connectivity index is 1.55. The molecule has 2 heterocycles. The zero-order valence-corrected chi connectivity index (χ0v) is 20.7. The number of halogens is 1. The van der Waals surface area contributed by atoms with Crippen LogP contribution in [-0.2, 0) is 0 Å². The van der Waals surface area contributed by atoms with Gasteiger partial charge in [-0.3, -0.25) is 9.79 Å². The normalized spacial score (nSPS) is 17.5. The summed E-state index contributed by atoms with van der Waals surface area (Å²) in [6.45, 7) is 2.15. The number of hydrogen-bond acceptors (Lipinski definition) is 4. The zero-order valence-electron chi connectivity index (χ0n) is 20.7. The van der Waals surface area contributed by atoms with Crippen molar-refractivity contribution in [3.8, 4) is 23.0 Å². The van der Waals surface area contributed by atoms with Crippen molar-refractivity contribution in [1.82, 2.24) is 9.78 Å². The average Bonchev–Trinajstić information content (AvgIpc) is 3.41. The number of hydrogen-bond donors (Lipinski definition) is 0. The minimum Gasteiger partial charge on any atom is -0.292 e. The summed E-state index contributed by atoms with van der Waals surface area (Å²) in [5.41, 5.74) is 2.47. The van der Waals surface area contributed by atoms with Gasteiger partial charge in [-0.1, -0.05) is 64.0 Å². The van der Waals surface area contributed by atoms with Gasteiger partial charge in [-0.2, -0.15) is 10.4 Å². The third kappa shape index (κ3) is 5.02. The highest BCUT2D eigenvalue weighted by Crippen LogP contribution is 2.29. The van der Waals surface area contributed by atoms with E-state index in [0.29, 0.717) is 23.7 Å². The first-order valence-corrected chi connectivity index (χ1v) is 13.1.